The summed E-state index contributed by atoms with van der Waals surface area (Å²) in [5, 5.41) is 2.49. The van der Waals surface area contributed by atoms with Crippen molar-refractivity contribution in [2.75, 3.05) is 30.5 Å². The van der Waals surface area contributed by atoms with Crippen LogP contribution in [0.3, 0.4) is 0 Å². The second kappa shape index (κ2) is 7.14. The van der Waals surface area contributed by atoms with Crippen LogP contribution in [-0.2, 0) is 10.9 Å². The minimum Gasteiger partial charge on any atom is -0.374 e. The second-order valence-electron chi connectivity index (χ2n) is 3.50. The maximum absolute atomic E-state index is 12.5. The molecular weight excluding hydrogens is 289 g/mol. The number of anilines is 2. The Morgan fingerprint density at radius 1 is 1.25 bits per heavy atom. The number of ether oxygens (including phenoxy) is 1. The van der Waals surface area contributed by atoms with Gasteiger partial charge in [-0.15, -0.1) is 0 Å². The van der Waals surface area contributed by atoms with Gasteiger partial charge in [0, 0.05) is 12.6 Å². The standard InChI is InChI=1S/C9H12F5N5O/c10-5(11)4-20-2-1-16-6-3-7(19-15)18-8(17-6)9(12,13)14/h3,5H,1-2,4,15H2,(H2,16,17,18,19). The molecule has 0 spiro atoms. The van der Waals surface area contributed by atoms with Crippen LogP contribution in [0.5, 0.6) is 0 Å². The van der Waals surface area contributed by atoms with Crippen LogP contribution < -0.4 is 16.6 Å². The highest BCUT2D eigenvalue weighted by molar-refractivity contribution is 5.47. The first-order valence-electron chi connectivity index (χ1n) is 5.35. The van der Waals surface area contributed by atoms with Crippen LogP contribution in [0.4, 0.5) is 33.6 Å². The fourth-order valence-corrected chi connectivity index (χ4v) is 1.16. The van der Waals surface area contributed by atoms with E-state index in [2.05, 4.69) is 20.0 Å². The van der Waals surface area contributed by atoms with Gasteiger partial charge in [-0.1, -0.05) is 0 Å². The first-order chi connectivity index (χ1) is 9.32. The van der Waals surface area contributed by atoms with Gasteiger partial charge < -0.3 is 15.5 Å². The lowest BCUT2D eigenvalue weighted by atomic mass is 10.4. The minimum atomic E-state index is -4.73. The molecule has 0 aromatic carbocycles. The molecule has 1 heterocycles. The molecule has 20 heavy (non-hydrogen) atoms. The molecule has 0 bridgehead atoms. The van der Waals surface area contributed by atoms with Gasteiger partial charge in [-0.3, -0.25) is 0 Å². The Morgan fingerprint density at radius 2 is 1.90 bits per heavy atom. The zero-order chi connectivity index (χ0) is 15.2. The van der Waals surface area contributed by atoms with E-state index in [1.54, 1.807) is 0 Å². The number of rotatable bonds is 7. The predicted molar refractivity (Wildman–Crippen MR) is 60.2 cm³/mol. The van der Waals surface area contributed by atoms with Gasteiger partial charge in [0.2, 0.25) is 5.82 Å². The molecule has 0 aliphatic rings. The molecule has 0 unspecified atom stereocenters. The number of nitrogen functional groups attached to an aromatic ring is 1. The summed E-state index contributed by atoms with van der Waals surface area (Å²) in [6.07, 6.45) is -7.32. The lowest BCUT2D eigenvalue weighted by molar-refractivity contribution is -0.144. The Bertz CT molecular complexity index is 428. The molecule has 0 radical (unpaired) electrons. The van der Waals surface area contributed by atoms with Crippen molar-refractivity contribution in [3.8, 4) is 0 Å². The molecule has 4 N–H and O–H groups in total. The van der Waals surface area contributed by atoms with E-state index in [0.29, 0.717) is 0 Å². The molecule has 0 saturated heterocycles. The summed E-state index contributed by atoms with van der Waals surface area (Å²) in [5.41, 5.74) is 1.97. The summed E-state index contributed by atoms with van der Waals surface area (Å²) < 4.78 is 65.5. The van der Waals surface area contributed by atoms with Crippen LogP contribution in [0.2, 0.25) is 0 Å². The fourth-order valence-electron chi connectivity index (χ4n) is 1.16. The third kappa shape index (κ3) is 5.48. The van der Waals surface area contributed by atoms with Gasteiger partial charge in [0.15, 0.2) is 0 Å². The highest BCUT2D eigenvalue weighted by Gasteiger charge is 2.35. The molecule has 0 atom stereocenters. The molecule has 1 aromatic heterocycles. The van der Waals surface area contributed by atoms with Crippen molar-refractivity contribution in [1.29, 1.82) is 0 Å². The van der Waals surface area contributed by atoms with E-state index in [1.807, 2.05) is 5.43 Å². The van der Waals surface area contributed by atoms with E-state index < -0.39 is 25.0 Å². The van der Waals surface area contributed by atoms with E-state index in [1.165, 1.54) is 0 Å². The van der Waals surface area contributed by atoms with Crippen LogP contribution in [0.25, 0.3) is 0 Å². The SMILES string of the molecule is NNc1cc(NCCOCC(F)F)nc(C(F)(F)F)n1. The Hall–Kier alpha value is -1.75. The Kier molecular flexibility index (Phi) is 5.82. The van der Waals surface area contributed by atoms with Crippen molar-refractivity contribution >= 4 is 11.6 Å². The largest absolute Gasteiger partial charge is 0.451 e. The minimum absolute atomic E-state index is 0.00500. The van der Waals surface area contributed by atoms with Crippen molar-refractivity contribution in [3.63, 3.8) is 0 Å². The summed E-state index contributed by atoms with van der Waals surface area (Å²) in [4.78, 5) is 6.39. The second-order valence-corrected chi connectivity index (χ2v) is 3.50. The van der Waals surface area contributed by atoms with Gasteiger partial charge in [-0.05, 0) is 0 Å². The molecule has 0 fully saturated rings. The summed E-state index contributed by atoms with van der Waals surface area (Å²) in [7, 11) is 0. The summed E-state index contributed by atoms with van der Waals surface area (Å²) in [6.45, 7) is -0.846. The van der Waals surface area contributed by atoms with Crippen molar-refractivity contribution in [2.24, 2.45) is 5.84 Å². The lowest BCUT2D eigenvalue weighted by Crippen LogP contribution is -2.19. The summed E-state index contributed by atoms with van der Waals surface area (Å²) >= 11 is 0. The van der Waals surface area contributed by atoms with E-state index in [9.17, 15) is 22.0 Å². The Balaban J connectivity index is 2.61. The van der Waals surface area contributed by atoms with E-state index >= 15 is 0 Å². The van der Waals surface area contributed by atoms with E-state index in [-0.39, 0.29) is 24.8 Å². The van der Waals surface area contributed by atoms with Gasteiger partial charge in [-0.2, -0.15) is 13.2 Å². The maximum Gasteiger partial charge on any atom is 0.451 e. The predicted octanol–water partition coefficient (Wildman–Crippen LogP) is 1.47. The zero-order valence-corrected chi connectivity index (χ0v) is 10.0. The molecule has 0 amide bonds. The van der Waals surface area contributed by atoms with Crippen LogP contribution in [0.1, 0.15) is 5.82 Å². The Labute approximate surface area is 110 Å². The number of nitrogens with zero attached hydrogens (tertiary/aromatic N) is 2. The van der Waals surface area contributed by atoms with Crippen molar-refractivity contribution in [1.82, 2.24) is 9.97 Å². The molecule has 6 nitrogen and oxygen atoms in total. The van der Waals surface area contributed by atoms with Crippen LogP contribution >= 0.6 is 0 Å². The molecule has 114 valence electrons. The molecule has 1 aromatic rings. The summed E-state index contributed by atoms with van der Waals surface area (Å²) in [5.74, 6) is 3.24. The molecule has 1 rings (SSSR count). The van der Waals surface area contributed by atoms with Crippen molar-refractivity contribution in [2.45, 2.75) is 12.6 Å². The molecular formula is C9H12F5N5O. The average Bonchev–Trinajstić information content (AvgIpc) is 2.36. The third-order valence-corrected chi connectivity index (χ3v) is 1.92. The van der Waals surface area contributed by atoms with Crippen LogP contribution in [0.15, 0.2) is 6.07 Å². The number of hydrogen-bond acceptors (Lipinski definition) is 6. The molecule has 0 aliphatic carbocycles. The Morgan fingerprint density at radius 3 is 2.45 bits per heavy atom. The normalized spacial score (nSPS) is 11.8. The number of alkyl halides is 5. The van der Waals surface area contributed by atoms with Crippen LogP contribution in [-0.4, -0.2) is 36.2 Å². The van der Waals surface area contributed by atoms with Gasteiger partial charge in [0.25, 0.3) is 6.43 Å². The van der Waals surface area contributed by atoms with Crippen LogP contribution in [0, 0.1) is 0 Å². The fraction of sp³-hybridized carbons (Fsp3) is 0.556. The quantitative estimate of drug-likeness (QED) is 0.306. The number of halogens is 5. The average molecular weight is 301 g/mol. The highest BCUT2D eigenvalue weighted by Crippen LogP contribution is 2.28. The molecule has 11 heteroatoms. The van der Waals surface area contributed by atoms with Crippen molar-refractivity contribution < 1.29 is 26.7 Å². The number of aromatic nitrogens is 2. The van der Waals surface area contributed by atoms with Gasteiger partial charge in [0.05, 0.1) is 6.61 Å². The molecule has 0 aliphatic heterocycles. The van der Waals surface area contributed by atoms with E-state index in [0.717, 1.165) is 6.07 Å². The zero-order valence-electron chi connectivity index (χ0n) is 10.0. The van der Waals surface area contributed by atoms with Gasteiger partial charge in [-0.25, -0.2) is 24.6 Å². The number of hydrazine groups is 1. The summed E-state index contributed by atoms with van der Waals surface area (Å²) in [6, 6.07) is 1.14. The van der Waals surface area contributed by atoms with Crippen molar-refractivity contribution in [3.05, 3.63) is 11.9 Å². The topological polar surface area (TPSA) is 85.1 Å². The highest BCUT2D eigenvalue weighted by atomic mass is 19.4. The monoisotopic (exact) mass is 301 g/mol. The maximum atomic E-state index is 12.5. The van der Waals surface area contributed by atoms with Gasteiger partial charge >= 0.3 is 6.18 Å². The smallest absolute Gasteiger partial charge is 0.374 e. The van der Waals surface area contributed by atoms with E-state index in [4.69, 9.17) is 5.84 Å². The first kappa shape index (κ1) is 16.3. The number of nitrogens with two attached hydrogens (primary N) is 1. The third-order valence-electron chi connectivity index (χ3n) is 1.92. The number of hydrogen-bond donors (Lipinski definition) is 3. The number of nitrogens with one attached hydrogen (secondary N) is 2. The first-order valence-corrected chi connectivity index (χ1v) is 5.35. The van der Waals surface area contributed by atoms with Gasteiger partial charge in [0.1, 0.15) is 18.2 Å². The lowest BCUT2D eigenvalue weighted by Gasteiger charge is -2.11. The molecule has 0 saturated carbocycles.